The standard InChI is InChI=1S/C10H21NO3SSi/c1-15(13,14)11-10-8(12)6-5-7-9(10)16(2,3)4/h5,7-12H,6H2,1-4H3/t8-,9-,10-/m0/s1. The van der Waals surface area contributed by atoms with E-state index in [4.69, 9.17) is 0 Å². The van der Waals surface area contributed by atoms with Crippen molar-refractivity contribution in [3.63, 3.8) is 0 Å². The molecule has 0 spiro atoms. The van der Waals surface area contributed by atoms with Crippen molar-refractivity contribution < 1.29 is 13.5 Å². The highest BCUT2D eigenvalue weighted by Crippen LogP contribution is 2.33. The maximum Gasteiger partial charge on any atom is 0.209 e. The molecule has 0 bridgehead atoms. The lowest BCUT2D eigenvalue weighted by molar-refractivity contribution is 0.135. The fraction of sp³-hybridized carbons (Fsp3) is 0.800. The zero-order valence-electron chi connectivity index (χ0n) is 10.3. The van der Waals surface area contributed by atoms with E-state index in [1.807, 2.05) is 6.08 Å². The van der Waals surface area contributed by atoms with Gasteiger partial charge in [0.2, 0.25) is 10.0 Å². The molecular weight excluding hydrogens is 242 g/mol. The normalized spacial score (nSPS) is 31.7. The van der Waals surface area contributed by atoms with E-state index >= 15 is 0 Å². The van der Waals surface area contributed by atoms with E-state index in [2.05, 4.69) is 30.4 Å². The molecule has 3 atom stereocenters. The maximum atomic E-state index is 11.3. The van der Waals surface area contributed by atoms with Gasteiger partial charge < -0.3 is 5.11 Å². The highest BCUT2D eigenvalue weighted by molar-refractivity contribution is 7.88. The van der Waals surface area contributed by atoms with Crippen LogP contribution in [0.15, 0.2) is 12.2 Å². The zero-order valence-corrected chi connectivity index (χ0v) is 12.1. The summed E-state index contributed by atoms with van der Waals surface area (Å²) in [6.45, 7) is 6.53. The molecule has 0 aromatic rings. The molecular formula is C10H21NO3SSi. The Morgan fingerprint density at radius 2 is 1.94 bits per heavy atom. The molecule has 4 nitrogen and oxygen atoms in total. The number of sulfonamides is 1. The Bertz CT molecular complexity index is 372. The van der Waals surface area contributed by atoms with Gasteiger partial charge in [-0.3, -0.25) is 0 Å². The van der Waals surface area contributed by atoms with Crippen LogP contribution < -0.4 is 4.72 Å². The predicted octanol–water partition coefficient (Wildman–Crippen LogP) is 0.933. The molecule has 0 saturated heterocycles. The van der Waals surface area contributed by atoms with Crippen molar-refractivity contribution in [3.8, 4) is 0 Å². The molecule has 0 radical (unpaired) electrons. The smallest absolute Gasteiger partial charge is 0.209 e. The molecule has 0 saturated carbocycles. The third-order valence-electron chi connectivity index (χ3n) is 2.87. The lowest BCUT2D eigenvalue weighted by Crippen LogP contribution is -2.52. The molecule has 16 heavy (non-hydrogen) atoms. The number of hydrogen-bond acceptors (Lipinski definition) is 3. The molecule has 0 heterocycles. The molecule has 0 aromatic carbocycles. The molecule has 6 heteroatoms. The summed E-state index contributed by atoms with van der Waals surface area (Å²) < 4.78 is 25.1. The first kappa shape index (κ1) is 13.9. The van der Waals surface area contributed by atoms with Crippen molar-refractivity contribution >= 4 is 18.1 Å². The van der Waals surface area contributed by atoms with Crippen molar-refractivity contribution in [1.29, 1.82) is 0 Å². The molecule has 0 unspecified atom stereocenters. The number of nitrogens with one attached hydrogen (secondary N) is 1. The van der Waals surface area contributed by atoms with E-state index in [0.717, 1.165) is 6.26 Å². The summed E-state index contributed by atoms with van der Waals surface area (Å²) in [5, 5.41) is 9.91. The van der Waals surface area contributed by atoms with E-state index < -0.39 is 24.2 Å². The Morgan fingerprint density at radius 1 is 1.38 bits per heavy atom. The summed E-state index contributed by atoms with van der Waals surface area (Å²) in [6, 6.07) is -0.369. The highest BCUT2D eigenvalue weighted by Gasteiger charge is 2.38. The van der Waals surface area contributed by atoms with Gasteiger partial charge in [0, 0.05) is 0 Å². The van der Waals surface area contributed by atoms with Gasteiger partial charge in [-0.1, -0.05) is 31.8 Å². The first-order valence-electron chi connectivity index (χ1n) is 5.43. The topological polar surface area (TPSA) is 66.4 Å². The first-order valence-corrected chi connectivity index (χ1v) is 10.9. The van der Waals surface area contributed by atoms with Crippen molar-refractivity contribution in [2.75, 3.05) is 6.26 Å². The Balaban J connectivity index is 2.96. The van der Waals surface area contributed by atoms with Gasteiger partial charge in [-0.15, -0.1) is 0 Å². The number of aliphatic hydroxyl groups excluding tert-OH is 1. The van der Waals surface area contributed by atoms with Crippen LogP contribution in [0.5, 0.6) is 0 Å². The number of aliphatic hydroxyl groups is 1. The summed E-state index contributed by atoms with van der Waals surface area (Å²) in [5.41, 5.74) is 0.144. The van der Waals surface area contributed by atoms with Crippen molar-refractivity contribution in [3.05, 3.63) is 12.2 Å². The Kier molecular flexibility index (Phi) is 3.99. The Labute approximate surface area is 98.8 Å². The lowest BCUT2D eigenvalue weighted by Gasteiger charge is -2.38. The third kappa shape index (κ3) is 3.69. The lowest BCUT2D eigenvalue weighted by atomic mass is 9.99. The summed E-state index contributed by atoms with van der Waals surface area (Å²) in [7, 11) is -4.81. The van der Waals surface area contributed by atoms with E-state index in [9.17, 15) is 13.5 Å². The maximum absolute atomic E-state index is 11.3. The second-order valence-electron chi connectivity index (χ2n) is 5.54. The van der Waals surface area contributed by atoms with Gasteiger partial charge in [0.15, 0.2) is 0 Å². The summed E-state index contributed by atoms with van der Waals surface area (Å²) in [5.74, 6) is 0. The van der Waals surface area contributed by atoms with Gasteiger partial charge in [0.25, 0.3) is 0 Å². The first-order chi connectivity index (χ1) is 7.11. The molecule has 0 fully saturated rings. The Hall–Kier alpha value is -0.173. The average molecular weight is 263 g/mol. The fourth-order valence-corrected chi connectivity index (χ4v) is 5.11. The second-order valence-corrected chi connectivity index (χ2v) is 12.7. The fourth-order valence-electron chi connectivity index (χ4n) is 2.10. The number of hydrogen-bond donors (Lipinski definition) is 2. The predicted molar refractivity (Wildman–Crippen MR) is 68.6 cm³/mol. The van der Waals surface area contributed by atoms with E-state index in [0.29, 0.717) is 6.42 Å². The van der Waals surface area contributed by atoms with E-state index in [-0.39, 0.29) is 11.6 Å². The molecule has 1 rings (SSSR count). The molecule has 94 valence electrons. The van der Waals surface area contributed by atoms with Crippen LogP contribution in [0.2, 0.25) is 25.2 Å². The van der Waals surface area contributed by atoms with Crippen molar-refractivity contribution in [2.45, 2.75) is 43.7 Å². The van der Waals surface area contributed by atoms with Crippen LogP contribution in [-0.4, -0.2) is 40.0 Å². The SMILES string of the molecule is C[Si](C)(C)[C@H]1C=CC[C@H](O)[C@@H]1NS(C)(=O)=O. The van der Waals surface area contributed by atoms with E-state index in [1.165, 1.54) is 0 Å². The zero-order chi connectivity index (χ0) is 12.6. The summed E-state index contributed by atoms with van der Waals surface area (Å²) >= 11 is 0. The monoisotopic (exact) mass is 263 g/mol. The molecule has 2 N–H and O–H groups in total. The van der Waals surface area contributed by atoms with Crippen LogP contribution in [0.4, 0.5) is 0 Å². The van der Waals surface area contributed by atoms with Crippen LogP contribution in [0.1, 0.15) is 6.42 Å². The van der Waals surface area contributed by atoms with Gasteiger partial charge in [0.1, 0.15) is 0 Å². The third-order valence-corrected chi connectivity index (χ3v) is 6.12. The molecule has 1 aliphatic rings. The van der Waals surface area contributed by atoms with Gasteiger partial charge in [-0.25, -0.2) is 13.1 Å². The Morgan fingerprint density at radius 3 is 2.38 bits per heavy atom. The van der Waals surface area contributed by atoms with Gasteiger partial charge in [0.05, 0.1) is 26.5 Å². The van der Waals surface area contributed by atoms with Crippen LogP contribution >= 0.6 is 0 Å². The van der Waals surface area contributed by atoms with Crippen molar-refractivity contribution in [1.82, 2.24) is 4.72 Å². The minimum Gasteiger partial charge on any atom is -0.391 e. The minimum atomic E-state index is -3.27. The highest BCUT2D eigenvalue weighted by atomic mass is 32.2. The molecule has 1 aliphatic carbocycles. The van der Waals surface area contributed by atoms with Gasteiger partial charge >= 0.3 is 0 Å². The summed E-state index contributed by atoms with van der Waals surface area (Å²) in [4.78, 5) is 0. The quantitative estimate of drug-likeness (QED) is 0.588. The molecule has 0 amide bonds. The van der Waals surface area contributed by atoms with Crippen LogP contribution in [0, 0.1) is 0 Å². The molecule has 0 aromatic heterocycles. The van der Waals surface area contributed by atoms with Crippen LogP contribution in [0.3, 0.4) is 0 Å². The minimum absolute atomic E-state index is 0.144. The largest absolute Gasteiger partial charge is 0.391 e. The van der Waals surface area contributed by atoms with E-state index in [1.54, 1.807) is 0 Å². The summed E-state index contributed by atoms with van der Waals surface area (Å²) in [6.07, 6.45) is 5.06. The average Bonchev–Trinajstić information content (AvgIpc) is 2.04. The molecule has 0 aliphatic heterocycles. The van der Waals surface area contributed by atoms with Crippen LogP contribution in [-0.2, 0) is 10.0 Å². The van der Waals surface area contributed by atoms with Gasteiger partial charge in [-0.2, -0.15) is 0 Å². The van der Waals surface area contributed by atoms with Gasteiger partial charge in [-0.05, 0) is 12.0 Å². The van der Waals surface area contributed by atoms with Crippen LogP contribution in [0.25, 0.3) is 0 Å². The number of rotatable bonds is 3. The van der Waals surface area contributed by atoms with Crippen molar-refractivity contribution in [2.24, 2.45) is 0 Å². The second kappa shape index (κ2) is 4.60.